The van der Waals surface area contributed by atoms with Crippen molar-refractivity contribution < 1.29 is 18.7 Å². The molecule has 2 aromatic rings. The first kappa shape index (κ1) is 14.8. The molecule has 0 unspecified atom stereocenters. The molecule has 5 heteroatoms. The molecule has 0 saturated carbocycles. The lowest BCUT2D eigenvalue weighted by Crippen LogP contribution is -2.05. The Morgan fingerprint density at radius 1 is 1.05 bits per heavy atom. The predicted octanol–water partition coefficient (Wildman–Crippen LogP) is 2.96. The van der Waals surface area contributed by atoms with Crippen LogP contribution >= 0.6 is 0 Å². The fraction of sp³-hybridized carbons (Fsp3) is 0.188. The summed E-state index contributed by atoms with van der Waals surface area (Å²) in [6.07, 6.45) is 0. The molecule has 0 radical (unpaired) electrons. The third-order valence-electron chi connectivity index (χ3n) is 3.29. The molecule has 2 N–H and O–H groups in total. The SMILES string of the molecule is COc1ccc(C(=O)c2cc(N)c(C)c(F)c2)cc1OC. The molecule has 0 amide bonds. The summed E-state index contributed by atoms with van der Waals surface area (Å²) in [6.45, 7) is 1.56. The number of ketones is 1. The van der Waals surface area contributed by atoms with Gasteiger partial charge in [0.2, 0.25) is 0 Å². The summed E-state index contributed by atoms with van der Waals surface area (Å²) in [5.74, 6) is 0.118. The van der Waals surface area contributed by atoms with E-state index in [4.69, 9.17) is 15.2 Å². The molecule has 0 spiro atoms. The molecule has 0 atom stereocenters. The molecule has 0 aliphatic carbocycles. The summed E-state index contributed by atoms with van der Waals surface area (Å²) in [7, 11) is 2.99. The van der Waals surface area contributed by atoms with Gasteiger partial charge in [0, 0.05) is 22.4 Å². The highest BCUT2D eigenvalue weighted by Crippen LogP contribution is 2.29. The summed E-state index contributed by atoms with van der Waals surface area (Å²) in [5.41, 5.74) is 6.85. The average molecular weight is 289 g/mol. The average Bonchev–Trinajstić information content (AvgIpc) is 2.50. The number of carbonyl (C=O) groups is 1. The van der Waals surface area contributed by atoms with Crippen LogP contribution in [0.4, 0.5) is 10.1 Å². The van der Waals surface area contributed by atoms with E-state index in [0.717, 1.165) is 0 Å². The van der Waals surface area contributed by atoms with Gasteiger partial charge in [0.05, 0.1) is 14.2 Å². The number of ether oxygens (including phenoxy) is 2. The van der Waals surface area contributed by atoms with Crippen molar-refractivity contribution >= 4 is 11.5 Å². The van der Waals surface area contributed by atoms with Crippen molar-refractivity contribution in [3.8, 4) is 11.5 Å². The van der Waals surface area contributed by atoms with Gasteiger partial charge in [0.15, 0.2) is 17.3 Å². The van der Waals surface area contributed by atoms with E-state index < -0.39 is 5.82 Å². The van der Waals surface area contributed by atoms with E-state index >= 15 is 0 Å². The molecule has 0 saturated heterocycles. The summed E-state index contributed by atoms with van der Waals surface area (Å²) < 4.78 is 24.0. The lowest BCUT2D eigenvalue weighted by molar-refractivity contribution is 0.103. The van der Waals surface area contributed by atoms with Crippen molar-refractivity contribution in [1.29, 1.82) is 0 Å². The van der Waals surface area contributed by atoms with Gasteiger partial charge in [-0.25, -0.2) is 4.39 Å². The molecule has 0 aliphatic rings. The number of carbonyl (C=O) groups excluding carboxylic acids is 1. The second kappa shape index (κ2) is 5.83. The minimum atomic E-state index is -0.501. The van der Waals surface area contributed by atoms with Gasteiger partial charge in [0.1, 0.15) is 5.82 Å². The number of halogens is 1. The number of hydrogen-bond donors (Lipinski definition) is 1. The second-order valence-electron chi connectivity index (χ2n) is 4.57. The maximum absolute atomic E-state index is 13.7. The van der Waals surface area contributed by atoms with Crippen LogP contribution in [-0.2, 0) is 0 Å². The predicted molar refractivity (Wildman–Crippen MR) is 78.5 cm³/mol. The van der Waals surface area contributed by atoms with Crippen molar-refractivity contribution in [2.45, 2.75) is 6.92 Å². The smallest absolute Gasteiger partial charge is 0.193 e. The Morgan fingerprint density at radius 3 is 2.29 bits per heavy atom. The number of nitrogens with two attached hydrogens (primary N) is 1. The Morgan fingerprint density at radius 2 is 1.71 bits per heavy atom. The third-order valence-corrected chi connectivity index (χ3v) is 3.29. The molecule has 0 aromatic heterocycles. The molecular formula is C16H16FNO3. The van der Waals surface area contributed by atoms with Crippen LogP contribution in [0.5, 0.6) is 11.5 Å². The standard InChI is InChI=1S/C16H16FNO3/c1-9-12(17)6-11(7-13(9)18)16(19)10-4-5-14(20-2)15(8-10)21-3/h4-8H,18H2,1-3H3. The zero-order valence-electron chi connectivity index (χ0n) is 12.1. The van der Waals surface area contributed by atoms with Crippen molar-refractivity contribution in [3.63, 3.8) is 0 Å². The van der Waals surface area contributed by atoms with Gasteiger partial charge < -0.3 is 15.2 Å². The minimum absolute atomic E-state index is 0.197. The first-order chi connectivity index (χ1) is 9.97. The molecule has 0 bridgehead atoms. The third kappa shape index (κ3) is 2.81. The van der Waals surface area contributed by atoms with Gasteiger partial charge in [-0.3, -0.25) is 4.79 Å². The maximum Gasteiger partial charge on any atom is 0.193 e. The first-order valence-electron chi connectivity index (χ1n) is 6.30. The molecule has 4 nitrogen and oxygen atoms in total. The number of hydrogen-bond acceptors (Lipinski definition) is 4. The van der Waals surface area contributed by atoms with Crippen molar-refractivity contribution in [2.75, 3.05) is 20.0 Å². The van der Waals surface area contributed by atoms with E-state index in [2.05, 4.69) is 0 Å². The minimum Gasteiger partial charge on any atom is -0.493 e. The summed E-state index contributed by atoms with van der Waals surface area (Å²) in [4.78, 5) is 12.4. The van der Waals surface area contributed by atoms with Crippen LogP contribution in [-0.4, -0.2) is 20.0 Å². The fourth-order valence-electron chi connectivity index (χ4n) is 1.98. The highest BCUT2D eigenvalue weighted by atomic mass is 19.1. The van der Waals surface area contributed by atoms with Crippen molar-refractivity contribution in [3.05, 3.63) is 52.8 Å². The first-order valence-corrected chi connectivity index (χ1v) is 6.30. The Labute approximate surface area is 122 Å². The van der Waals surface area contributed by atoms with E-state index in [1.165, 1.54) is 26.4 Å². The van der Waals surface area contributed by atoms with Gasteiger partial charge in [-0.15, -0.1) is 0 Å². The largest absolute Gasteiger partial charge is 0.493 e. The highest BCUT2D eigenvalue weighted by molar-refractivity contribution is 6.09. The number of nitrogen functional groups attached to an aromatic ring is 1. The van der Waals surface area contributed by atoms with Crippen LogP contribution in [0.2, 0.25) is 0 Å². The topological polar surface area (TPSA) is 61.5 Å². The molecule has 0 heterocycles. The Bertz CT molecular complexity index is 675. The number of anilines is 1. The summed E-state index contributed by atoms with van der Waals surface area (Å²) in [6, 6.07) is 7.43. The number of rotatable bonds is 4. The number of methoxy groups -OCH3 is 2. The Kier molecular flexibility index (Phi) is 4.12. The molecule has 21 heavy (non-hydrogen) atoms. The summed E-state index contributed by atoms with van der Waals surface area (Å²) in [5, 5.41) is 0. The van der Waals surface area contributed by atoms with Crippen molar-refractivity contribution in [2.24, 2.45) is 0 Å². The van der Waals surface area contributed by atoms with Gasteiger partial charge in [-0.1, -0.05) is 0 Å². The normalized spacial score (nSPS) is 10.3. The lowest BCUT2D eigenvalue weighted by Gasteiger charge is -2.10. The molecule has 0 aliphatic heterocycles. The second-order valence-corrected chi connectivity index (χ2v) is 4.57. The summed E-state index contributed by atoms with van der Waals surface area (Å²) >= 11 is 0. The van der Waals surface area contributed by atoms with E-state index in [9.17, 15) is 9.18 Å². The molecule has 110 valence electrons. The van der Waals surface area contributed by atoms with E-state index in [-0.39, 0.29) is 17.0 Å². The van der Waals surface area contributed by atoms with Gasteiger partial charge >= 0.3 is 0 Å². The monoisotopic (exact) mass is 289 g/mol. The molecular weight excluding hydrogens is 273 g/mol. The van der Waals surface area contributed by atoms with Crippen LogP contribution in [0.15, 0.2) is 30.3 Å². The molecule has 2 rings (SSSR count). The van der Waals surface area contributed by atoms with E-state index in [1.54, 1.807) is 25.1 Å². The van der Waals surface area contributed by atoms with E-state index in [1.807, 2.05) is 0 Å². The quantitative estimate of drug-likeness (QED) is 0.694. The van der Waals surface area contributed by atoms with Crippen LogP contribution in [0.3, 0.4) is 0 Å². The zero-order chi connectivity index (χ0) is 15.6. The van der Waals surface area contributed by atoms with Gasteiger partial charge in [-0.05, 0) is 37.3 Å². The van der Waals surface area contributed by atoms with Crippen LogP contribution in [0.25, 0.3) is 0 Å². The van der Waals surface area contributed by atoms with Crippen molar-refractivity contribution in [1.82, 2.24) is 0 Å². The van der Waals surface area contributed by atoms with Gasteiger partial charge in [-0.2, -0.15) is 0 Å². The van der Waals surface area contributed by atoms with Crippen LogP contribution in [0.1, 0.15) is 21.5 Å². The van der Waals surface area contributed by atoms with Gasteiger partial charge in [0.25, 0.3) is 0 Å². The Balaban J connectivity index is 2.45. The van der Waals surface area contributed by atoms with Crippen LogP contribution < -0.4 is 15.2 Å². The Hall–Kier alpha value is -2.56. The zero-order valence-corrected chi connectivity index (χ0v) is 12.1. The number of benzene rings is 2. The van der Waals surface area contributed by atoms with Crippen LogP contribution in [0, 0.1) is 12.7 Å². The lowest BCUT2D eigenvalue weighted by atomic mass is 10.0. The highest BCUT2D eigenvalue weighted by Gasteiger charge is 2.15. The van der Waals surface area contributed by atoms with E-state index in [0.29, 0.717) is 22.6 Å². The fourth-order valence-corrected chi connectivity index (χ4v) is 1.98. The molecule has 2 aromatic carbocycles. The maximum atomic E-state index is 13.7. The molecule has 0 fully saturated rings.